The Morgan fingerprint density at radius 2 is 1.61 bits per heavy atom. The van der Waals surface area contributed by atoms with Gasteiger partial charge in [0.15, 0.2) is 11.6 Å². The van der Waals surface area contributed by atoms with E-state index in [4.69, 9.17) is 0 Å². The summed E-state index contributed by atoms with van der Waals surface area (Å²) in [6.45, 7) is -5.38. The minimum absolute atomic E-state index is 0.111. The maximum Gasteiger partial charge on any atom is 0.497 e. The molecule has 0 aromatic heterocycles. The molecule has 2 rings (SSSR count). The monoisotopic (exact) mass is 264 g/mol. The molecule has 0 N–H and O–H groups in total. The second-order valence-corrected chi connectivity index (χ2v) is 3.74. The van der Waals surface area contributed by atoms with Crippen molar-refractivity contribution in [2.24, 2.45) is 0 Å². The molecule has 1 aliphatic rings. The first-order valence-electron chi connectivity index (χ1n) is 4.77. The molecule has 0 spiro atoms. The van der Waals surface area contributed by atoms with Crippen LogP contribution < -0.4 is 4.90 Å². The molecule has 1 aromatic carbocycles. The van der Waals surface area contributed by atoms with Gasteiger partial charge in [0.1, 0.15) is 0 Å². The molecule has 0 fully saturated rings. The van der Waals surface area contributed by atoms with E-state index in [1.807, 2.05) is 0 Å². The quantitative estimate of drug-likeness (QED) is 0.464. The number of nitrogens with zero attached hydrogens (tertiary/aromatic N) is 1. The Bertz CT molecular complexity index is 557. The number of carbonyl (C=O) groups excluding carboxylic acids is 2. The van der Waals surface area contributed by atoms with E-state index in [9.17, 15) is 31.3 Å². The molecule has 96 valence electrons. The predicted molar refractivity (Wildman–Crippen MR) is 52.1 cm³/mol. The van der Waals surface area contributed by atoms with Crippen molar-refractivity contribution < 1.29 is 31.3 Å². The van der Waals surface area contributed by atoms with Gasteiger partial charge in [-0.2, -0.15) is 0 Å². The fraction of sp³-hybridized carbons (Fsp3) is 0.111. The van der Waals surface area contributed by atoms with Crippen LogP contribution in [0, 0.1) is 11.6 Å². The molecular formula is C9H4BF5NO2-. The third kappa shape index (κ3) is 1.96. The van der Waals surface area contributed by atoms with E-state index in [1.165, 1.54) is 0 Å². The number of hydrogen-bond donors (Lipinski definition) is 0. The molecule has 1 aliphatic heterocycles. The zero-order valence-electron chi connectivity index (χ0n) is 8.59. The van der Waals surface area contributed by atoms with E-state index in [1.54, 1.807) is 0 Å². The number of carbonyl (C=O) groups is 2. The summed E-state index contributed by atoms with van der Waals surface area (Å²) in [5.41, 5.74) is -1.11. The number of benzene rings is 1. The average Bonchev–Trinajstić information content (AvgIpc) is 2.44. The molecule has 0 saturated carbocycles. The molecule has 18 heavy (non-hydrogen) atoms. The Morgan fingerprint density at radius 1 is 1.06 bits per heavy atom. The summed E-state index contributed by atoms with van der Waals surface area (Å²) in [6, 6.07) is 0.837. The smallest absolute Gasteiger partial charge is 0.448 e. The van der Waals surface area contributed by atoms with Crippen molar-refractivity contribution >= 4 is 24.4 Å². The van der Waals surface area contributed by atoms with Crippen LogP contribution >= 0.6 is 0 Å². The van der Waals surface area contributed by atoms with Gasteiger partial charge >= 0.3 is 6.98 Å². The lowest BCUT2D eigenvalue weighted by molar-refractivity contribution is -0.114. The van der Waals surface area contributed by atoms with Gasteiger partial charge < -0.3 is 17.8 Å². The minimum Gasteiger partial charge on any atom is -0.448 e. The van der Waals surface area contributed by atoms with Crippen LogP contribution in [0.25, 0.3) is 0 Å². The summed E-state index contributed by atoms with van der Waals surface area (Å²) in [7, 11) is 0. The van der Waals surface area contributed by atoms with Crippen molar-refractivity contribution in [2.45, 2.75) is 0 Å². The molecule has 0 saturated heterocycles. The Balaban J connectivity index is 2.52. The highest BCUT2D eigenvalue weighted by atomic mass is 19.4. The van der Waals surface area contributed by atoms with Gasteiger partial charge in [-0.25, -0.2) is 8.78 Å². The van der Waals surface area contributed by atoms with Crippen molar-refractivity contribution in [3.05, 3.63) is 29.3 Å². The van der Waals surface area contributed by atoms with Crippen LogP contribution in [0.5, 0.6) is 0 Å². The molecule has 0 bridgehead atoms. The van der Waals surface area contributed by atoms with Crippen LogP contribution in [0.15, 0.2) is 12.1 Å². The number of ketones is 1. The Labute approximate surface area is 97.2 Å². The summed E-state index contributed by atoms with van der Waals surface area (Å²) in [5, 5.41) is 0. The predicted octanol–water partition coefficient (Wildman–Crippen LogP) is 1.88. The molecular weight excluding hydrogens is 260 g/mol. The van der Waals surface area contributed by atoms with Crippen molar-refractivity contribution in [2.75, 3.05) is 11.3 Å². The molecule has 9 heteroatoms. The second-order valence-electron chi connectivity index (χ2n) is 3.74. The zero-order valence-corrected chi connectivity index (χ0v) is 8.59. The van der Waals surface area contributed by atoms with Crippen LogP contribution in [0.4, 0.5) is 27.4 Å². The second kappa shape index (κ2) is 3.79. The highest BCUT2D eigenvalue weighted by Gasteiger charge is 2.40. The number of anilines is 1. The first kappa shape index (κ1) is 12.5. The maximum absolute atomic E-state index is 12.9. The number of rotatable bonds is 2. The molecule has 0 radical (unpaired) electrons. The summed E-state index contributed by atoms with van der Waals surface area (Å²) < 4.78 is 62.6. The summed E-state index contributed by atoms with van der Waals surface area (Å²) in [5.74, 6) is -5.52. The van der Waals surface area contributed by atoms with E-state index >= 15 is 0 Å². The number of amides is 1. The third-order valence-corrected chi connectivity index (χ3v) is 2.40. The van der Waals surface area contributed by atoms with Gasteiger partial charge in [0.05, 0.1) is 11.3 Å². The molecule has 0 atom stereocenters. The van der Waals surface area contributed by atoms with Gasteiger partial charge in [0.2, 0.25) is 0 Å². The summed E-state index contributed by atoms with van der Waals surface area (Å²) >= 11 is 0. The fourth-order valence-corrected chi connectivity index (χ4v) is 1.68. The van der Waals surface area contributed by atoms with E-state index in [-0.39, 0.29) is 4.90 Å². The van der Waals surface area contributed by atoms with Crippen LogP contribution in [-0.2, 0) is 4.79 Å². The summed E-state index contributed by atoms with van der Waals surface area (Å²) in [4.78, 5) is 22.7. The van der Waals surface area contributed by atoms with E-state index < -0.39 is 48.0 Å². The topological polar surface area (TPSA) is 37.4 Å². The van der Waals surface area contributed by atoms with Crippen molar-refractivity contribution in [3.8, 4) is 0 Å². The Hall–Kier alpha value is -1.93. The number of fused-ring (bicyclic) bond motifs is 1. The lowest BCUT2D eigenvalue weighted by Gasteiger charge is -2.23. The number of halogens is 5. The maximum atomic E-state index is 12.9. The zero-order chi connectivity index (χ0) is 13.7. The highest BCUT2D eigenvalue weighted by Crippen LogP contribution is 2.32. The Kier molecular flexibility index (Phi) is 2.64. The third-order valence-electron chi connectivity index (χ3n) is 2.40. The van der Waals surface area contributed by atoms with Crippen LogP contribution in [0.2, 0.25) is 0 Å². The number of hydrogen-bond acceptors (Lipinski definition) is 2. The standard InChI is InChI=1S/C9H4BF5NO2/c11-5-1-4-7(2-6(5)12)16(3-10(13,14)15)9(18)8(4)17/h1-2H,3H2/q-1. The molecule has 1 heterocycles. The minimum atomic E-state index is -5.38. The van der Waals surface area contributed by atoms with E-state index in [0.29, 0.717) is 12.1 Å². The summed E-state index contributed by atoms with van der Waals surface area (Å²) in [6.07, 6.45) is -1.66. The van der Waals surface area contributed by atoms with Gasteiger partial charge in [0, 0.05) is 6.07 Å². The molecule has 3 nitrogen and oxygen atoms in total. The molecule has 1 amide bonds. The fourth-order valence-electron chi connectivity index (χ4n) is 1.68. The van der Waals surface area contributed by atoms with Gasteiger partial charge in [0.25, 0.3) is 11.7 Å². The van der Waals surface area contributed by atoms with Gasteiger partial charge in [-0.3, -0.25) is 9.59 Å². The van der Waals surface area contributed by atoms with Gasteiger partial charge in [-0.15, -0.1) is 0 Å². The normalized spacial score (nSPS) is 15.3. The molecule has 0 aliphatic carbocycles. The van der Waals surface area contributed by atoms with Crippen molar-refractivity contribution in [1.29, 1.82) is 0 Å². The average molecular weight is 264 g/mol. The highest BCUT2D eigenvalue weighted by molar-refractivity contribution is 6.62. The van der Waals surface area contributed by atoms with Crippen LogP contribution in [0.3, 0.4) is 0 Å². The Morgan fingerprint density at radius 3 is 2.17 bits per heavy atom. The van der Waals surface area contributed by atoms with E-state index in [2.05, 4.69) is 0 Å². The first-order valence-corrected chi connectivity index (χ1v) is 4.77. The molecule has 0 unspecified atom stereocenters. The largest absolute Gasteiger partial charge is 0.497 e. The lowest BCUT2D eigenvalue weighted by atomic mass is 9.91. The van der Waals surface area contributed by atoms with Crippen molar-refractivity contribution in [3.63, 3.8) is 0 Å². The first-order chi connectivity index (χ1) is 8.20. The molecule has 1 aromatic rings. The van der Waals surface area contributed by atoms with Crippen LogP contribution in [-0.4, -0.2) is 25.1 Å². The van der Waals surface area contributed by atoms with Gasteiger partial charge in [-0.05, 0) is 12.5 Å². The van der Waals surface area contributed by atoms with E-state index in [0.717, 1.165) is 0 Å². The lowest BCUT2D eigenvalue weighted by Crippen LogP contribution is -2.41. The van der Waals surface area contributed by atoms with Gasteiger partial charge in [-0.1, -0.05) is 0 Å². The van der Waals surface area contributed by atoms with Crippen LogP contribution in [0.1, 0.15) is 10.4 Å². The van der Waals surface area contributed by atoms with Crippen molar-refractivity contribution in [1.82, 2.24) is 0 Å². The number of Topliss-reactive ketones (excluding diaryl/α,β-unsaturated/α-hetero) is 1. The SMILES string of the molecule is O=C1C(=O)N(C[B-](F)(F)F)c2cc(F)c(F)cc21.